The molecule has 5 heteroatoms. The minimum Gasteiger partial charge on any atom is -0.384 e. The molecule has 2 aromatic carbocycles. The number of hydrogen-bond acceptors (Lipinski definition) is 3. The minimum absolute atomic E-state index is 0.0377. The number of carbonyl (C=O) groups is 2. The average Bonchev–Trinajstić information content (AvgIpc) is 2.54. The summed E-state index contributed by atoms with van der Waals surface area (Å²) in [6, 6.07) is 15.3. The SMILES string of the molecule is CC(=O)Nc1cccc(NC(=O)CCNc2ccccc2C(C)(C)C)c1. The van der Waals surface area contributed by atoms with E-state index in [1.165, 1.54) is 12.5 Å². The van der Waals surface area contributed by atoms with Crippen LogP contribution in [0.25, 0.3) is 0 Å². The van der Waals surface area contributed by atoms with Gasteiger partial charge in [0.1, 0.15) is 0 Å². The molecule has 0 atom stereocenters. The van der Waals surface area contributed by atoms with Crippen molar-refractivity contribution in [1.82, 2.24) is 0 Å². The molecule has 3 N–H and O–H groups in total. The lowest BCUT2D eigenvalue weighted by Gasteiger charge is -2.23. The molecule has 26 heavy (non-hydrogen) atoms. The zero-order valence-corrected chi connectivity index (χ0v) is 15.8. The van der Waals surface area contributed by atoms with Crippen LogP contribution in [0.1, 0.15) is 39.7 Å². The number of rotatable bonds is 6. The van der Waals surface area contributed by atoms with Crippen molar-refractivity contribution >= 4 is 28.9 Å². The quantitative estimate of drug-likeness (QED) is 0.721. The Balaban J connectivity index is 1.90. The maximum absolute atomic E-state index is 12.2. The van der Waals surface area contributed by atoms with E-state index in [9.17, 15) is 9.59 Å². The summed E-state index contributed by atoms with van der Waals surface area (Å²) in [6.45, 7) is 8.50. The molecule has 0 unspecified atom stereocenters. The van der Waals surface area contributed by atoms with Crippen LogP contribution in [-0.4, -0.2) is 18.4 Å². The van der Waals surface area contributed by atoms with Gasteiger partial charge in [0.25, 0.3) is 0 Å². The van der Waals surface area contributed by atoms with Gasteiger partial charge in [-0.25, -0.2) is 0 Å². The van der Waals surface area contributed by atoms with E-state index in [2.05, 4.69) is 42.8 Å². The molecule has 0 aliphatic rings. The Bertz CT molecular complexity index is 779. The fourth-order valence-electron chi connectivity index (χ4n) is 2.70. The van der Waals surface area contributed by atoms with Crippen molar-refractivity contribution < 1.29 is 9.59 Å². The van der Waals surface area contributed by atoms with Crippen LogP contribution in [0, 0.1) is 0 Å². The monoisotopic (exact) mass is 353 g/mol. The number of amides is 2. The summed E-state index contributed by atoms with van der Waals surface area (Å²) in [5, 5.41) is 8.91. The standard InChI is InChI=1S/C21H27N3O2/c1-15(25)23-16-8-7-9-17(14-16)24-20(26)12-13-22-19-11-6-5-10-18(19)21(2,3)4/h5-11,14,22H,12-13H2,1-4H3,(H,23,25)(H,24,26). The van der Waals surface area contributed by atoms with E-state index in [0.29, 0.717) is 24.3 Å². The number of benzene rings is 2. The molecule has 0 bridgehead atoms. The van der Waals surface area contributed by atoms with Crippen molar-refractivity contribution in [2.24, 2.45) is 0 Å². The minimum atomic E-state index is -0.143. The molecule has 0 radical (unpaired) electrons. The Kier molecular flexibility index (Phi) is 6.39. The number of carbonyl (C=O) groups excluding carboxylic acids is 2. The molecule has 2 amide bonds. The largest absolute Gasteiger partial charge is 0.384 e. The average molecular weight is 353 g/mol. The fraction of sp³-hybridized carbons (Fsp3) is 0.333. The van der Waals surface area contributed by atoms with Crippen LogP contribution < -0.4 is 16.0 Å². The summed E-state index contributed by atoms with van der Waals surface area (Å²) < 4.78 is 0. The highest BCUT2D eigenvalue weighted by Crippen LogP contribution is 2.29. The topological polar surface area (TPSA) is 70.2 Å². The third-order valence-electron chi connectivity index (χ3n) is 3.87. The van der Waals surface area contributed by atoms with Crippen LogP contribution in [0.5, 0.6) is 0 Å². The maximum atomic E-state index is 12.2. The molecule has 0 aromatic heterocycles. The highest BCUT2D eigenvalue weighted by Gasteiger charge is 2.17. The zero-order chi connectivity index (χ0) is 19.2. The predicted molar refractivity (Wildman–Crippen MR) is 108 cm³/mol. The van der Waals surface area contributed by atoms with Crippen LogP contribution in [-0.2, 0) is 15.0 Å². The molecule has 0 saturated heterocycles. The summed E-state index contributed by atoms with van der Waals surface area (Å²) in [7, 11) is 0. The van der Waals surface area contributed by atoms with E-state index in [-0.39, 0.29) is 17.2 Å². The smallest absolute Gasteiger partial charge is 0.226 e. The number of hydrogen-bond donors (Lipinski definition) is 3. The summed E-state index contributed by atoms with van der Waals surface area (Å²) >= 11 is 0. The first-order valence-electron chi connectivity index (χ1n) is 8.76. The Morgan fingerprint density at radius 1 is 0.923 bits per heavy atom. The lowest BCUT2D eigenvalue weighted by Crippen LogP contribution is -2.19. The Labute approximate surface area is 155 Å². The van der Waals surface area contributed by atoms with Gasteiger partial charge in [0, 0.05) is 37.0 Å². The molecule has 0 aliphatic carbocycles. The van der Waals surface area contributed by atoms with Gasteiger partial charge in [-0.15, -0.1) is 0 Å². The molecular formula is C21H27N3O2. The van der Waals surface area contributed by atoms with Gasteiger partial charge in [-0.2, -0.15) is 0 Å². The highest BCUT2D eigenvalue weighted by molar-refractivity contribution is 5.93. The number of nitrogens with one attached hydrogen (secondary N) is 3. The van der Waals surface area contributed by atoms with Crippen molar-refractivity contribution in [2.75, 3.05) is 22.5 Å². The van der Waals surface area contributed by atoms with Crippen molar-refractivity contribution in [3.8, 4) is 0 Å². The third-order valence-corrected chi connectivity index (χ3v) is 3.87. The van der Waals surface area contributed by atoms with Crippen molar-refractivity contribution in [2.45, 2.75) is 39.5 Å². The predicted octanol–water partition coefficient (Wildman–Crippen LogP) is 4.38. The van der Waals surface area contributed by atoms with Crippen LogP contribution in [0.3, 0.4) is 0 Å². The molecular weight excluding hydrogens is 326 g/mol. The lowest BCUT2D eigenvalue weighted by atomic mass is 9.86. The normalized spacial score (nSPS) is 10.9. The van der Waals surface area contributed by atoms with Crippen LogP contribution in [0.15, 0.2) is 48.5 Å². The lowest BCUT2D eigenvalue weighted by molar-refractivity contribution is -0.116. The molecule has 2 aromatic rings. The van der Waals surface area contributed by atoms with Crippen molar-refractivity contribution in [3.05, 3.63) is 54.1 Å². The van der Waals surface area contributed by atoms with Crippen LogP contribution in [0.4, 0.5) is 17.1 Å². The first-order valence-corrected chi connectivity index (χ1v) is 8.76. The van der Waals surface area contributed by atoms with Gasteiger partial charge < -0.3 is 16.0 Å². The van der Waals surface area contributed by atoms with E-state index >= 15 is 0 Å². The molecule has 0 spiro atoms. The van der Waals surface area contributed by atoms with E-state index < -0.39 is 0 Å². The van der Waals surface area contributed by atoms with Crippen LogP contribution in [0.2, 0.25) is 0 Å². The highest BCUT2D eigenvalue weighted by atomic mass is 16.2. The van der Waals surface area contributed by atoms with Gasteiger partial charge in [-0.05, 0) is 35.2 Å². The molecule has 0 fully saturated rings. The van der Waals surface area contributed by atoms with E-state index in [0.717, 1.165) is 5.69 Å². The summed E-state index contributed by atoms with van der Waals surface area (Å²) in [5.41, 5.74) is 3.64. The molecule has 0 saturated carbocycles. The van der Waals surface area contributed by atoms with E-state index in [1.807, 2.05) is 18.2 Å². The second-order valence-corrected chi connectivity index (χ2v) is 7.28. The Hall–Kier alpha value is -2.82. The number of para-hydroxylation sites is 1. The molecule has 0 heterocycles. The molecule has 2 rings (SSSR count). The van der Waals surface area contributed by atoms with Crippen molar-refractivity contribution in [1.29, 1.82) is 0 Å². The zero-order valence-electron chi connectivity index (χ0n) is 15.8. The summed E-state index contributed by atoms with van der Waals surface area (Å²) in [6.07, 6.45) is 0.350. The van der Waals surface area contributed by atoms with Gasteiger partial charge in [0.05, 0.1) is 0 Å². The second kappa shape index (κ2) is 8.52. The van der Waals surface area contributed by atoms with Gasteiger partial charge in [-0.3, -0.25) is 9.59 Å². The number of anilines is 3. The molecule has 0 aliphatic heterocycles. The van der Waals surface area contributed by atoms with Gasteiger partial charge in [0.15, 0.2) is 0 Å². The first-order chi connectivity index (χ1) is 12.3. The van der Waals surface area contributed by atoms with Gasteiger partial charge in [0.2, 0.25) is 11.8 Å². The first kappa shape index (κ1) is 19.5. The van der Waals surface area contributed by atoms with Gasteiger partial charge in [-0.1, -0.05) is 45.0 Å². The summed E-state index contributed by atoms with van der Waals surface area (Å²) in [4.78, 5) is 23.3. The third kappa shape index (κ3) is 5.92. The summed E-state index contributed by atoms with van der Waals surface area (Å²) in [5.74, 6) is -0.221. The molecule has 5 nitrogen and oxygen atoms in total. The van der Waals surface area contributed by atoms with Crippen LogP contribution >= 0.6 is 0 Å². The van der Waals surface area contributed by atoms with E-state index in [4.69, 9.17) is 0 Å². The van der Waals surface area contributed by atoms with Gasteiger partial charge >= 0.3 is 0 Å². The second-order valence-electron chi connectivity index (χ2n) is 7.28. The van der Waals surface area contributed by atoms with Crippen molar-refractivity contribution in [3.63, 3.8) is 0 Å². The van der Waals surface area contributed by atoms with E-state index in [1.54, 1.807) is 24.3 Å². The Morgan fingerprint density at radius 3 is 2.23 bits per heavy atom. The Morgan fingerprint density at radius 2 is 1.58 bits per heavy atom. The molecule has 138 valence electrons. The fourth-order valence-corrected chi connectivity index (χ4v) is 2.70. The maximum Gasteiger partial charge on any atom is 0.226 e.